The zero-order chi connectivity index (χ0) is 48.7. The van der Waals surface area contributed by atoms with Crippen molar-refractivity contribution in [3.05, 3.63) is 114 Å². The number of hydrogen-bond donors (Lipinski definition) is 4. The number of anilines is 1. The molecule has 16 heteroatoms. The summed E-state index contributed by atoms with van der Waals surface area (Å²) in [6.07, 6.45) is 6.64. The quantitative estimate of drug-likeness (QED) is 0.100. The Labute approximate surface area is 397 Å². The van der Waals surface area contributed by atoms with Gasteiger partial charge in [-0.25, -0.2) is 23.9 Å². The zero-order valence-corrected chi connectivity index (χ0v) is 40.3. The van der Waals surface area contributed by atoms with Crippen molar-refractivity contribution in [2.24, 2.45) is 10.8 Å². The number of benzene rings is 3. The van der Waals surface area contributed by atoms with Crippen LogP contribution in [0, 0.1) is 16.6 Å². The highest BCUT2D eigenvalue weighted by Gasteiger charge is 2.44. The number of carboxylic acid groups (broad SMARTS) is 1. The average Bonchev–Trinajstić information content (AvgIpc) is 4.17. The van der Waals surface area contributed by atoms with Crippen molar-refractivity contribution >= 4 is 29.7 Å². The highest BCUT2D eigenvalue weighted by atomic mass is 19.1. The second-order valence-electron chi connectivity index (χ2n) is 20.6. The van der Waals surface area contributed by atoms with Crippen LogP contribution in [-0.2, 0) is 14.3 Å². The topological polar surface area (TPSA) is 180 Å². The van der Waals surface area contributed by atoms with E-state index in [4.69, 9.17) is 14.7 Å². The van der Waals surface area contributed by atoms with Gasteiger partial charge in [0.2, 0.25) is 11.8 Å². The number of methoxy groups -OCH3 is 1. The summed E-state index contributed by atoms with van der Waals surface area (Å²) in [5.41, 5.74) is 5.59. The molecule has 2 aromatic heterocycles. The molecule has 0 radical (unpaired) electrons. The summed E-state index contributed by atoms with van der Waals surface area (Å²) >= 11 is 0. The van der Waals surface area contributed by atoms with Gasteiger partial charge in [0.05, 0.1) is 55.1 Å². The number of likely N-dealkylation sites (tertiary alicyclic amines) is 2. The third-order valence-corrected chi connectivity index (χ3v) is 13.9. The van der Waals surface area contributed by atoms with Crippen molar-refractivity contribution in [2.45, 2.75) is 116 Å². The SMILES string of the molecule is COC(=O)N[C@H](C(=O)N1CCC[C@H]1c1ncc(-c2ccc([C@@H]3CC[C@@H](c4ccc(-c5cnc([C@@H]6CCCN6C(=O)[C@@H](N(C)C(=O)O)C(C)(C)C)[nH]5)cc4)N3c3ccc(F)cc3)cc2)[nH]1)C(C)(C)C. The maximum atomic E-state index is 14.3. The summed E-state index contributed by atoms with van der Waals surface area (Å²) in [6, 6.07) is 21.4. The number of hydrogen-bond acceptors (Lipinski definition) is 8. The summed E-state index contributed by atoms with van der Waals surface area (Å²) in [4.78, 5) is 75.6. The number of carbonyl (C=O) groups excluding carboxylic acids is 3. The van der Waals surface area contributed by atoms with Crippen LogP contribution in [0.2, 0.25) is 0 Å². The van der Waals surface area contributed by atoms with Crippen molar-refractivity contribution in [2.75, 3.05) is 32.1 Å². The van der Waals surface area contributed by atoms with Gasteiger partial charge in [0.1, 0.15) is 29.5 Å². The molecule has 3 aliphatic rings. The summed E-state index contributed by atoms with van der Waals surface area (Å²) in [5, 5.41) is 12.5. The smallest absolute Gasteiger partial charge is 0.407 e. The van der Waals surface area contributed by atoms with E-state index in [-0.39, 0.29) is 41.8 Å². The van der Waals surface area contributed by atoms with E-state index >= 15 is 0 Å². The molecular weight excluding hydrogens is 866 g/mol. The van der Waals surface area contributed by atoms with Crippen molar-refractivity contribution in [3.63, 3.8) is 0 Å². The van der Waals surface area contributed by atoms with Gasteiger partial charge in [-0.15, -0.1) is 0 Å². The van der Waals surface area contributed by atoms with Gasteiger partial charge in [-0.2, -0.15) is 0 Å². The lowest BCUT2D eigenvalue weighted by molar-refractivity contribution is -0.141. The van der Waals surface area contributed by atoms with Gasteiger partial charge in [0, 0.05) is 25.8 Å². The number of aromatic amines is 2. The molecule has 3 aromatic carbocycles. The summed E-state index contributed by atoms with van der Waals surface area (Å²) in [5.74, 6) is 0.689. The summed E-state index contributed by atoms with van der Waals surface area (Å²) in [6.45, 7) is 12.5. The molecule has 0 bridgehead atoms. The molecular formula is C52H64FN9O6. The van der Waals surface area contributed by atoms with Gasteiger partial charge >= 0.3 is 12.2 Å². The highest BCUT2D eigenvalue weighted by Crippen LogP contribution is 2.48. The number of ether oxygens (including phenoxy) is 1. The first-order valence-corrected chi connectivity index (χ1v) is 23.6. The number of likely N-dealkylation sites (N-methyl/N-ethyl adjacent to an activating group) is 1. The Kier molecular flexibility index (Phi) is 13.4. The van der Waals surface area contributed by atoms with E-state index in [9.17, 15) is 28.7 Å². The van der Waals surface area contributed by atoms with Gasteiger partial charge in [-0.05, 0) is 95.9 Å². The Balaban J connectivity index is 0.983. The molecule has 15 nitrogen and oxygen atoms in total. The third-order valence-electron chi connectivity index (χ3n) is 13.9. The molecule has 5 heterocycles. The lowest BCUT2D eigenvalue weighted by atomic mass is 9.84. The number of aromatic nitrogens is 4. The van der Waals surface area contributed by atoms with Gasteiger partial charge in [-0.1, -0.05) is 90.1 Å². The van der Waals surface area contributed by atoms with E-state index in [1.54, 1.807) is 17.3 Å². The monoisotopic (exact) mass is 929 g/mol. The molecule has 4 N–H and O–H groups in total. The molecule has 3 aliphatic heterocycles. The molecule has 8 rings (SSSR count). The third kappa shape index (κ3) is 9.68. The van der Waals surface area contributed by atoms with Crippen LogP contribution < -0.4 is 10.2 Å². The van der Waals surface area contributed by atoms with Crippen molar-refractivity contribution in [1.82, 2.24) is 40.0 Å². The van der Waals surface area contributed by atoms with Gasteiger partial charge in [-0.3, -0.25) is 14.5 Å². The minimum absolute atomic E-state index is 0.0159. The number of nitrogens with one attached hydrogen (secondary N) is 3. The van der Waals surface area contributed by atoms with Gasteiger partial charge < -0.3 is 39.8 Å². The zero-order valence-electron chi connectivity index (χ0n) is 40.3. The van der Waals surface area contributed by atoms with E-state index in [1.165, 1.54) is 26.3 Å². The molecule has 0 unspecified atom stereocenters. The molecule has 6 atom stereocenters. The fourth-order valence-corrected chi connectivity index (χ4v) is 10.5. The standard InChI is InChI=1S/C52H64FN9O6/c1-51(2,3)43(58-49(65)68-8)47(63)60-27-9-11-41(60)45-54-29-37(56-45)31-13-17-33(18-14-31)39-25-26-40(62(39)36-23-21-35(53)22-24-36)34-19-15-32(16-20-34)38-30-55-46(57-38)42-12-10-28-61(42)48(64)44(52(4,5)6)59(7)50(66)67/h13-24,29-30,39-44H,9-12,25-28H2,1-8H3,(H,54,56)(H,55,57)(H,58,65)(H,66,67)/t39-,40-,41-,42-,43+,44+/m0/s1. The highest BCUT2D eigenvalue weighted by molar-refractivity contribution is 5.87. The Morgan fingerprint density at radius 1 is 0.706 bits per heavy atom. The van der Waals surface area contributed by atoms with Crippen LogP contribution in [0.15, 0.2) is 85.2 Å². The second kappa shape index (κ2) is 19.1. The second-order valence-corrected chi connectivity index (χ2v) is 20.6. The normalized spacial score (nSPS) is 20.6. The van der Waals surface area contributed by atoms with Crippen LogP contribution in [0.5, 0.6) is 0 Å². The Hall–Kier alpha value is -6.71. The number of imidazole rings is 2. The van der Waals surface area contributed by atoms with Crippen molar-refractivity contribution in [1.29, 1.82) is 0 Å². The molecule has 5 aromatic rings. The maximum Gasteiger partial charge on any atom is 0.407 e. The predicted molar refractivity (Wildman–Crippen MR) is 257 cm³/mol. The van der Waals surface area contributed by atoms with Gasteiger partial charge in [0.15, 0.2) is 0 Å². The van der Waals surface area contributed by atoms with Crippen LogP contribution >= 0.6 is 0 Å². The van der Waals surface area contributed by atoms with E-state index in [1.807, 2.05) is 58.6 Å². The largest absolute Gasteiger partial charge is 0.465 e. The first-order chi connectivity index (χ1) is 32.3. The molecule has 4 amide bonds. The first-order valence-electron chi connectivity index (χ1n) is 23.6. The van der Waals surface area contributed by atoms with Crippen LogP contribution in [0.1, 0.15) is 127 Å². The number of carbonyl (C=O) groups is 4. The minimum Gasteiger partial charge on any atom is -0.465 e. The molecule has 0 saturated carbocycles. The average molecular weight is 930 g/mol. The van der Waals surface area contributed by atoms with E-state index < -0.39 is 35.1 Å². The molecule has 3 saturated heterocycles. The molecule has 3 fully saturated rings. The molecule has 0 spiro atoms. The van der Waals surface area contributed by atoms with Crippen LogP contribution in [-0.4, -0.2) is 103 Å². The Bertz CT molecular complexity index is 2600. The molecule has 0 aliphatic carbocycles. The lowest BCUT2D eigenvalue weighted by Gasteiger charge is -2.38. The van der Waals surface area contributed by atoms with E-state index in [2.05, 4.69) is 68.7 Å². The van der Waals surface area contributed by atoms with E-state index in [0.29, 0.717) is 24.7 Å². The minimum atomic E-state index is -1.14. The number of halogens is 1. The van der Waals surface area contributed by atoms with Crippen LogP contribution in [0.25, 0.3) is 22.5 Å². The number of nitrogens with zero attached hydrogens (tertiary/aromatic N) is 6. The molecule has 360 valence electrons. The number of amides is 4. The van der Waals surface area contributed by atoms with Crippen LogP contribution in [0.3, 0.4) is 0 Å². The maximum absolute atomic E-state index is 14.3. The Morgan fingerprint density at radius 3 is 1.60 bits per heavy atom. The van der Waals surface area contributed by atoms with Crippen LogP contribution in [0.4, 0.5) is 19.7 Å². The molecule has 68 heavy (non-hydrogen) atoms. The number of H-pyrrole nitrogens is 2. The Morgan fingerprint density at radius 2 is 1.18 bits per heavy atom. The number of alkyl carbamates (subject to hydrolysis) is 1. The fraction of sp³-hybridized carbons (Fsp3) is 0.462. The van der Waals surface area contributed by atoms with Crippen molar-refractivity contribution < 1.29 is 33.4 Å². The lowest BCUT2D eigenvalue weighted by Crippen LogP contribution is -2.54. The summed E-state index contributed by atoms with van der Waals surface area (Å²) in [7, 11) is 2.74. The number of rotatable bonds is 11. The fourth-order valence-electron chi connectivity index (χ4n) is 10.5. The van der Waals surface area contributed by atoms with Gasteiger partial charge in [0.25, 0.3) is 0 Å². The first kappa shape index (κ1) is 47.8. The van der Waals surface area contributed by atoms with E-state index in [0.717, 1.165) is 82.8 Å². The van der Waals surface area contributed by atoms with Crippen molar-refractivity contribution in [3.8, 4) is 22.5 Å². The predicted octanol–water partition coefficient (Wildman–Crippen LogP) is 9.81. The summed E-state index contributed by atoms with van der Waals surface area (Å²) < 4.78 is 19.1.